The predicted octanol–water partition coefficient (Wildman–Crippen LogP) is 0.214. The molecule has 2 rings (SSSR count). The van der Waals surface area contributed by atoms with Crippen LogP contribution in [0.1, 0.15) is 16.8 Å². The lowest BCUT2D eigenvalue weighted by Gasteiger charge is -2.29. The second kappa shape index (κ2) is 4.67. The van der Waals surface area contributed by atoms with Gasteiger partial charge in [-0.1, -0.05) is 0 Å². The van der Waals surface area contributed by atoms with E-state index in [0.717, 1.165) is 24.3 Å². The van der Waals surface area contributed by atoms with Gasteiger partial charge in [0, 0.05) is 13.1 Å². The van der Waals surface area contributed by atoms with E-state index < -0.39 is 0 Å². The number of nitrogens with zero attached hydrogens (tertiary/aromatic N) is 3. The first kappa shape index (κ1) is 11.8. The van der Waals surface area contributed by atoms with E-state index in [1.165, 1.54) is 0 Å². The number of aryl methyl sites for hydroxylation is 1. The molecule has 1 fully saturated rings. The van der Waals surface area contributed by atoms with Crippen LogP contribution in [0.4, 0.5) is 5.82 Å². The monoisotopic (exact) mass is 235 g/mol. The number of hydrogen-bond acceptors (Lipinski definition) is 5. The van der Waals surface area contributed by atoms with E-state index in [4.69, 9.17) is 15.9 Å². The molecule has 1 aromatic heterocycles. The molecule has 6 nitrogen and oxygen atoms in total. The van der Waals surface area contributed by atoms with Crippen molar-refractivity contribution in [3.05, 3.63) is 16.8 Å². The number of nitrogen functional groups attached to an aromatic ring is 1. The SMILES string of the molecule is Cc1nnc(N2CCOCC2)c(C(=N)N)c1C. The summed E-state index contributed by atoms with van der Waals surface area (Å²) >= 11 is 0. The topological polar surface area (TPSA) is 88.1 Å². The number of hydrogen-bond donors (Lipinski definition) is 2. The lowest BCUT2D eigenvalue weighted by molar-refractivity contribution is 0.122. The largest absolute Gasteiger partial charge is 0.384 e. The van der Waals surface area contributed by atoms with Crippen LogP contribution in [0.15, 0.2) is 0 Å². The molecule has 0 amide bonds. The predicted molar refractivity (Wildman–Crippen MR) is 65.6 cm³/mol. The fraction of sp³-hybridized carbons (Fsp3) is 0.545. The highest BCUT2D eigenvalue weighted by Gasteiger charge is 2.20. The van der Waals surface area contributed by atoms with E-state index >= 15 is 0 Å². The van der Waals surface area contributed by atoms with Crippen molar-refractivity contribution < 1.29 is 4.74 Å². The highest BCUT2D eigenvalue weighted by atomic mass is 16.5. The minimum atomic E-state index is 0.0435. The van der Waals surface area contributed by atoms with Crippen LogP contribution in [0.5, 0.6) is 0 Å². The van der Waals surface area contributed by atoms with Crippen LogP contribution in [-0.4, -0.2) is 42.3 Å². The molecule has 0 saturated carbocycles. The van der Waals surface area contributed by atoms with Gasteiger partial charge in [0.05, 0.1) is 24.5 Å². The van der Waals surface area contributed by atoms with Crippen molar-refractivity contribution in [3.63, 3.8) is 0 Å². The molecule has 92 valence electrons. The van der Waals surface area contributed by atoms with E-state index in [-0.39, 0.29) is 5.84 Å². The Bertz CT molecular complexity index is 440. The maximum Gasteiger partial charge on any atom is 0.162 e. The second-order valence-electron chi connectivity index (χ2n) is 4.12. The molecule has 1 aliphatic rings. The number of ether oxygens (including phenoxy) is 1. The van der Waals surface area contributed by atoms with E-state index in [9.17, 15) is 0 Å². The number of morpholine rings is 1. The van der Waals surface area contributed by atoms with Crippen molar-refractivity contribution in [2.75, 3.05) is 31.2 Å². The fourth-order valence-corrected chi connectivity index (χ4v) is 1.91. The Kier molecular flexibility index (Phi) is 3.23. The molecule has 0 aromatic carbocycles. The van der Waals surface area contributed by atoms with Crippen molar-refractivity contribution in [2.24, 2.45) is 5.73 Å². The third kappa shape index (κ3) is 2.21. The summed E-state index contributed by atoms with van der Waals surface area (Å²) < 4.78 is 5.30. The van der Waals surface area contributed by atoms with Gasteiger partial charge in [-0.05, 0) is 19.4 Å². The fourth-order valence-electron chi connectivity index (χ4n) is 1.91. The van der Waals surface area contributed by atoms with Gasteiger partial charge in [-0.15, -0.1) is 5.10 Å². The van der Waals surface area contributed by atoms with Crippen LogP contribution in [0.3, 0.4) is 0 Å². The van der Waals surface area contributed by atoms with Gasteiger partial charge in [0.15, 0.2) is 5.82 Å². The standard InChI is InChI=1S/C11H17N5O/c1-7-8(2)14-15-11(9(7)10(12)13)16-3-5-17-6-4-16/h3-6H2,1-2H3,(H3,12,13). The van der Waals surface area contributed by atoms with Gasteiger partial charge in [-0.25, -0.2) is 0 Å². The first-order chi connectivity index (χ1) is 8.11. The molecule has 17 heavy (non-hydrogen) atoms. The molecule has 2 heterocycles. The van der Waals surface area contributed by atoms with Crippen molar-refractivity contribution >= 4 is 11.7 Å². The zero-order valence-corrected chi connectivity index (χ0v) is 10.2. The Hall–Kier alpha value is -1.69. The summed E-state index contributed by atoms with van der Waals surface area (Å²) in [6.07, 6.45) is 0. The Balaban J connectivity index is 2.45. The van der Waals surface area contributed by atoms with Crippen LogP contribution < -0.4 is 10.6 Å². The molecule has 0 bridgehead atoms. The minimum absolute atomic E-state index is 0.0435. The van der Waals surface area contributed by atoms with Gasteiger partial charge in [-0.2, -0.15) is 5.10 Å². The molecule has 0 radical (unpaired) electrons. The van der Waals surface area contributed by atoms with Gasteiger partial charge in [0.1, 0.15) is 5.84 Å². The molecule has 1 aliphatic heterocycles. The number of anilines is 1. The second-order valence-corrected chi connectivity index (χ2v) is 4.12. The number of rotatable bonds is 2. The molecule has 0 atom stereocenters. The molecule has 0 unspecified atom stereocenters. The van der Waals surface area contributed by atoms with Crippen LogP contribution in [0.2, 0.25) is 0 Å². The molecule has 3 N–H and O–H groups in total. The average molecular weight is 235 g/mol. The Morgan fingerprint density at radius 1 is 1.29 bits per heavy atom. The maximum absolute atomic E-state index is 7.68. The normalized spacial score (nSPS) is 16.0. The molecule has 0 spiro atoms. The third-order valence-corrected chi connectivity index (χ3v) is 3.02. The molecule has 0 aliphatic carbocycles. The summed E-state index contributed by atoms with van der Waals surface area (Å²) in [7, 11) is 0. The summed E-state index contributed by atoms with van der Waals surface area (Å²) in [5.74, 6) is 0.742. The van der Waals surface area contributed by atoms with E-state index in [0.29, 0.717) is 24.6 Å². The molecule has 1 saturated heterocycles. The first-order valence-electron chi connectivity index (χ1n) is 5.62. The van der Waals surface area contributed by atoms with Crippen LogP contribution in [-0.2, 0) is 4.74 Å². The summed E-state index contributed by atoms with van der Waals surface area (Å²) in [4.78, 5) is 2.07. The average Bonchev–Trinajstić information content (AvgIpc) is 2.33. The smallest absolute Gasteiger partial charge is 0.162 e. The van der Waals surface area contributed by atoms with Crippen LogP contribution in [0.25, 0.3) is 0 Å². The summed E-state index contributed by atoms with van der Waals surface area (Å²) in [6.45, 7) is 6.66. The summed E-state index contributed by atoms with van der Waals surface area (Å²) in [5.41, 5.74) is 8.08. The highest BCUT2D eigenvalue weighted by molar-refractivity contribution is 6.01. The van der Waals surface area contributed by atoms with Gasteiger partial charge >= 0.3 is 0 Å². The Morgan fingerprint density at radius 2 is 1.94 bits per heavy atom. The van der Waals surface area contributed by atoms with Crippen molar-refractivity contribution in [1.82, 2.24) is 10.2 Å². The minimum Gasteiger partial charge on any atom is -0.384 e. The van der Waals surface area contributed by atoms with Crippen molar-refractivity contribution in [2.45, 2.75) is 13.8 Å². The van der Waals surface area contributed by atoms with Gasteiger partial charge in [-0.3, -0.25) is 5.41 Å². The lowest BCUT2D eigenvalue weighted by atomic mass is 10.1. The highest BCUT2D eigenvalue weighted by Crippen LogP contribution is 2.22. The first-order valence-corrected chi connectivity index (χ1v) is 5.62. The molecular formula is C11H17N5O. The lowest BCUT2D eigenvalue weighted by Crippen LogP contribution is -2.38. The van der Waals surface area contributed by atoms with Crippen molar-refractivity contribution in [3.8, 4) is 0 Å². The number of amidine groups is 1. The number of nitrogens with two attached hydrogens (primary N) is 1. The summed E-state index contributed by atoms with van der Waals surface area (Å²) in [5, 5.41) is 16.0. The van der Waals surface area contributed by atoms with Crippen molar-refractivity contribution in [1.29, 1.82) is 5.41 Å². The van der Waals surface area contributed by atoms with E-state index in [1.54, 1.807) is 0 Å². The van der Waals surface area contributed by atoms with Crippen LogP contribution in [0, 0.1) is 19.3 Å². The zero-order valence-electron chi connectivity index (χ0n) is 10.2. The van der Waals surface area contributed by atoms with Gasteiger partial charge in [0.2, 0.25) is 0 Å². The molecular weight excluding hydrogens is 218 g/mol. The van der Waals surface area contributed by atoms with E-state index in [2.05, 4.69) is 15.1 Å². The van der Waals surface area contributed by atoms with Gasteiger partial charge in [0.25, 0.3) is 0 Å². The molecule has 6 heteroatoms. The summed E-state index contributed by atoms with van der Waals surface area (Å²) in [6, 6.07) is 0. The Labute approximate surface area is 100 Å². The van der Waals surface area contributed by atoms with Gasteiger partial charge < -0.3 is 15.4 Å². The molecule has 1 aromatic rings. The number of nitrogens with one attached hydrogen (secondary N) is 1. The number of aromatic nitrogens is 2. The Morgan fingerprint density at radius 3 is 2.53 bits per heavy atom. The van der Waals surface area contributed by atoms with Crippen LogP contribution >= 0.6 is 0 Å². The third-order valence-electron chi connectivity index (χ3n) is 3.02. The quantitative estimate of drug-likeness (QED) is 0.565. The van der Waals surface area contributed by atoms with E-state index in [1.807, 2.05) is 13.8 Å². The maximum atomic E-state index is 7.68. The zero-order chi connectivity index (χ0) is 12.4.